The Morgan fingerprint density at radius 1 is 1.10 bits per heavy atom. The van der Waals surface area contributed by atoms with Crippen LogP contribution in [-0.2, 0) is 16.5 Å². The fourth-order valence-corrected chi connectivity index (χ4v) is 3.40. The van der Waals surface area contributed by atoms with Crippen molar-refractivity contribution in [2.24, 2.45) is 0 Å². The minimum atomic E-state index is -4.52. The number of aromatic nitrogens is 2. The maximum Gasteiger partial charge on any atom is 0.416 e. The minimum absolute atomic E-state index is 0.0355. The fraction of sp³-hybridized carbons (Fsp3) is 0.273. The molecule has 1 amide bonds. The van der Waals surface area contributed by atoms with Gasteiger partial charge in [-0.15, -0.1) is 0 Å². The summed E-state index contributed by atoms with van der Waals surface area (Å²) in [5.41, 5.74) is 0.447. The molecule has 1 N–H and O–H groups in total. The highest BCUT2D eigenvalue weighted by Gasteiger charge is 2.32. The number of rotatable bonds is 4. The molecule has 1 aliphatic heterocycles. The number of benzene rings is 2. The number of nitrogens with one attached hydrogen (secondary N) is 1. The van der Waals surface area contributed by atoms with Crippen molar-refractivity contribution in [2.75, 3.05) is 19.0 Å². The summed E-state index contributed by atoms with van der Waals surface area (Å²) in [6.45, 7) is 4.43. The average Bonchev–Trinajstić information content (AvgIpc) is 3.15. The van der Waals surface area contributed by atoms with Crippen molar-refractivity contribution >= 4 is 11.6 Å². The zero-order valence-electron chi connectivity index (χ0n) is 17.1. The summed E-state index contributed by atoms with van der Waals surface area (Å²) in [6, 6.07) is 8.00. The summed E-state index contributed by atoms with van der Waals surface area (Å²) in [5, 5.41) is 6.91. The predicted octanol–water partition coefficient (Wildman–Crippen LogP) is 5.31. The number of methoxy groups -OCH3 is 1. The Labute approximate surface area is 176 Å². The lowest BCUT2D eigenvalue weighted by Gasteiger charge is -2.24. The monoisotopic (exact) mass is 431 g/mol. The van der Waals surface area contributed by atoms with Gasteiger partial charge in [-0.1, -0.05) is 6.07 Å². The van der Waals surface area contributed by atoms with E-state index in [1.165, 1.54) is 6.07 Å². The number of hydrogen-bond donors (Lipinski definition) is 1. The van der Waals surface area contributed by atoms with Crippen LogP contribution in [0, 0.1) is 0 Å². The summed E-state index contributed by atoms with van der Waals surface area (Å²) >= 11 is 0. The number of halogens is 3. The van der Waals surface area contributed by atoms with Gasteiger partial charge in [-0.05, 0) is 49.7 Å². The Bertz CT molecular complexity index is 1150. The molecule has 0 bridgehead atoms. The van der Waals surface area contributed by atoms with Gasteiger partial charge in [-0.2, -0.15) is 18.3 Å². The molecule has 0 saturated carbocycles. The molecule has 162 valence electrons. The Balaban J connectivity index is 1.67. The van der Waals surface area contributed by atoms with Crippen molar-refractivity contribution in [3.8, 4) is 22.6 Å². The number of anilines is 1. The van der Waals surface area contributed by atoms with Crippen LogP contribution in [0.25, 0.3) is 11.1 Å². The van der Waals surface area contributed by atoms with Crippen LogP contribution in [0.2, 0.25) is 0 Å². The molecule has 0 atom stereocenters. The summed E-state index contributed by atoms with van der Waals surface area (Å²) in [4.78, 5) is 12.8. The van der Waals surface area contributed by atoms with Crippen LogP contribution in [0.1, 0.15) is 29.8 Å². The van der Waals surface area contributed by atoms with E-state index in [-0.39, 0.29) is 28.3 Å². The smallest absolute Gasteiger partial charge is 0.416 e. The highest BCUT2D eigenvalue weighted by atomic mass is 19.4. The van der Waals surface area contributed by atoms with E-state index in [2.05, 4.69) is 10.4 Å². The lowest BCUT2D eigenvalue weighted by molar-refractivity contribution is -0.137. The lowest BCUT2D eigenvalue weighted by Crippen LogP contribution is -2.31. The molecular formula is C22H20F3N3O3. The van der Waals surface area contributed by atoms with E-state index in [0.29, 0.717) is 6.61 Å². The van der Waals surface area contributed by atoms with Gasteiger partial charge in [0.25, 0.3) is 5.91 Å². The number of hydrogen-bond acceptors (Lipinski definition) is 4. The van der Waals surface area contributed by atoms with Gasteiger partial charge in [-0.25, -0.2) is 0 Å². The molecule has 0 saturated heterocycles. The first-order valence-electron chi connectivity index (χ1n) is 9.47. The molecule has 3 aromatic rings. The maximum atomic E-state index is 13.0. The van der Waals surface area contributed by atoms with Crippen LogP contribution >= 0.6 is 0 Å². The number of alkyl halides is 3. The SMILES string of the molecule is COCC(C)(C)n1cc(-c2ccc3c(c2)C(=O)Nc2cc(C(F)(F)F)ccc2O3)cn1. The van der Waals surface area contributed by atoms with Gasteiger partial charge in [0, 0.05) is 18.9 Å². The van der Waals surface area contributed by atoms with E-state index in [4.69, 9.17) is 9.47 Å². The van der Waals surface area contributed by atoms with Crippen molar-refractivity contribution in [2.45, 2.75) is 25.6 Å². The third-order valence-electron chi connectivity index (χ3n) is 5.03. The fourth-order valence-electron chi connectivity index (χ4n) is 3.40. The zero-order chi connectivity index (χ0) is 22.4. The van der Waals surface area contributed by atoms with Gasteiger partial charge in [0.15, 0.2) is 5.75 Å². The second-order valence-electron chi connectivity index (χ2n) is 7.89. The van der Waals surface area contributed by atoms with Gasteiger partial charge < -0.3 is 14.8 Å². The molecule has 0 spiro atoms. The Morgan fingerprint density at radius 2 is 1.84 bits per heavy atom. The van der Waals surface area contributed by atoms with Crippen molar-refractivity contribution in [1.29, 1.82) is 0 Å². The van der Waals surface area contributed by atoms with Crippen molar-refractivity contribution in [3.63, 3.8) is 0 Å². The maximum absolute atomic E-state index is 13.0. The molecule has 6 nitrogen and oxygen atoms in total. The van der Waals surface area contributed by atoms with Gasteiger partial charge >= 0.3 is 6.18 Å². The second-order valence-corrected chi connectivity index (χ2v) is 7.89. The zero-order valence-corrected chi connectivity index (χ0v) is 17.1. The van der Waals surface area contributed by atoms with Gasteiger partial charge in [-0.3, -0.25) is 9.48 Å². The third-order valence-corrected chi connectivity index (χ3v) is 5.03. The molecule has 31 heavy (non-hydrogen) atoms. The number of carbonyl (C=O) groups is 1. The van der Waals surface area contributed by atoms with Crippen LogP contribution in [0.15, 0.2) is 48.8 Å². The highest BCUT2D eigenvalue weighted by molar-refractivity contribution is 6.08. The van der Waals surface area contributed by atoms with E-state index in [1.54, 1.807) is 36.2 Å². The van der Waals surface area contributed by atoms with Gasteiger partial charge in [0.1, 0.15) is 5.75 Å². The summed E-state index contributed by atoms with van der Waals surface area (Å²) < 4.78 is 51.8. The van der Waals surface area contributed by atoms with Crippen molar-refractivity contribution < 1.29 is 27.4 Å². The number of nitrogens with zero attached hydrogens (tertiary/aromatic N) is 2. The van der Waals surface area contributed by atoms with E-state index in [0.717, 1.165) is 23.3 Å². The highest BCUT2D eigenvalue weighted by Crippen LogP contribution is 2.40. The van der Waals surface area contributed by atoms with Crippen LogP contribution < -0.4 is 10.1 Å². The number of amides is 1. The van der Waals surface area contributed by atoms with Gasteiger partial charge in [0.2, 0.25) is 0 Å². The number of fused-ring (bicyclic) bond motifs is 2. The van der Waals surface area contributed by atoms with E-state index in [9.17, 15) is 18.0 Å². The Kier molecular flexibility index (Phi) is 5.01. The lowest BCUT2D eigenvalue weighted by atomic mass is 10.0. The molecule has 0 unspecified atom stereocenters. The normalized spacial score (nSPS) is 13.7. The molecule has 0 radical (unpaired) electrons. The Morgan fingerprint density at radius 3 is 2.55 bits per heavy atom. The van der Waals surface area contributed by atoms with Crippen LogP contribution in [0.5, 0.6) is 11.5 Å². The summed E-state index contributed by atoms with van der Waals surface area (Å²) in [5.74, 6) is -0.157. The molecule has 2 aromatic carbocycles. The number of ether oxygens (including phenoxy) is 2. The van der Waals surface area contributed by atoms with E-state index < -0.39 is 17.6 Å². The molecule has 2 heterocycles. The third kappa shape index (κ3) is 4.00. The molecule has 0 fully saturated rings. The summed E-state index contributed by atoms with van der Waals surface area (Å²) in [6.07, 6.45) is -0.998. The first-order valence-corrected chi connectivity index (χ1v) is 9.47. The van der Waals surface area contributed by atoms with Crippen molar-refractivity contribution in [3.05, 3.63) is 59.9 Å². The Hall–Kier alpha value is -3.33. The number of carbonyl (C=O) groups excluding carboxylic acids is 1. The second kappa shape index (κ2) is 7.42. The molecule has 1 aliphatic rings. The molecule has 9 heteroatoms. The minimum Gasteiger partial charge on any atom is -0.454 e. The van der Waals surface area contributed by atoms with E-state index >= 15 is 0 Å². The van der Waals surface area contributed by atoms with Crippen LogP contribution in [-0.4, -0.2) is 29.4 Å². The van der Waals surface area contributed by atoms with Gasteiger partial charge in [0.05, 0.1) is 35.2 Å². The van der Waals surface area contributed by atoms with Crippen LogP contribution in [0.4, 0.5) is 18.9 Å². The first-order chi connectivity index (χ1) is 14.6. The summed E-state index contributed by atoms with van der Waals surface area (Å²) in [7, 11) is 1.62. The molecule has 0 aliphatic carbocycles. The van der Waals surface area contributed by atoms with Crippen LogP contribution in [0.3, 0.4) is 0 Å². The first kappa shape index (κ1) is 20.9. The molecular weight excluding hydrogens is 411 g/mol. The van der Waals surface area contributed by atoms with E-state index in [1.807, 2.05) is 20.0 Å². The predicted molar refractivity (Wildman–Crippen MR) is 108 cm³/mol. The molecule has 4 rings (SSSR count). The quantitative estimate of drug-likeness (QED) is 0.608. The average molecular weight is 431 g/mol. The standard InChI is InChI=1S/C22H20F3N3O3/c1-21(2,12-30-3)28-11-14(10-26-28)13-4-6-18-16(8-13)20(29)27-17-9-15(22(23,24)25)5-7-19(17)31-18/h4-11H,12H2,1-3H3,(H,27,29). The topological polar surface area (TPSA) is 65.4 Å². The molecule has 1 aromatic heterocycles. The largest absolute Gasteiger partial charge is 0.454 e. The van der Waals surface area contributed by atoms with Crippen molar-refractivity contribution in [1.82, 2.24) is 9.78 Å².